The molecule has 0 radical (unpaired) electrons. The highest BCUT2D eigenvalue weighted by molar-refractivity contribution is 5.45. The van der Waals surface area contributed by atoms with Crippen molar-refractivity contribution in [1.29, 1.82) is 0 Å². The monoisotopic (exact) mass is 245 g/mol. The van der Waals surface area contributed by atoms with Gasteiger partial charge in [-0.1, -0.05) is 0 Å². The van der Waals surface area contributed by atoms with Crippen LogP contribution < -0.4 is 4.90 Å². The van der Waals surface area contributed by atoms with Crippen LogP contribution in [0, 0.1) is 0 Å². The van der Waals surface area contributed by atoms with Crippen LogP contribution in [0.2, 0.25) is 0 Å². The molecule has 0 bridgehead atoms. The number of aliphatic hydroxyl groups excluding tert-OH is 1. The minimum atomic E-state index is 0.171. The quantitative estimate of drug-likeness (QED) is 0.858. The van der Waals surface area contributed by atoms with Crippen molar-refractivity contribution in [3.05, 3.63) is 31.1 Å². The van der Waals surface area contributed by atoms with Crippen molar-refractivity contribution in [3.63, 3.8) is 0 Å². The molecule has 1 aliphatic heterocycles. The average molecular weight is 245 g/mol. The lowest BCUT2D eigenvalue weighted by atomic mass is 10.2. The standard InChI is InChI=1S/C12H15N5O/c18-7-10-2-1-4-17(10)12-6-11(14-8-15-12)16-5-3-13-9-16/h3,5-6,8-10,18H,1-2,4,7H2/t10-/m0/s1. The van der Waals surface area contributed by atoms with Gasteiger partial charge in [0.1, 0.15) is 24.3 Å². The third-order valence-electron chi connectivity index (χ3n) is 3.29. The molecule has 2 aromatic heterocycles. The normalized spacial score (nSPS) is 19.4. The highest BCUT2D eigenvalue weighted by Gasteiger charge is 2.25. The van der Waals surface area contributed by atoms with Crippen molar-refractivity contribution < 1.29 is 5.11 Å². The molecule has 0 amide bonds. The molecule has 94 valence electrons. The summed E-state index contributed by atoms with van der Waals surface area (Å²) >= 11 is 0. The van der Waals surface area contributed by atoms with Crippen molar-refractivity contribution in [2.45, 2.75) is 18.9 Å². The molecule has 0 aliphatic carbocycles. The first-order valence-corrected chi connectivity index (χ1v) is 6.06. The van der Waals surface area contributed by atoms with Gasteiger partial charge in [-0.2, -0.15) is 0 Å². The van der Waals surface area contributed by atoms with E-state index >= 15 is 0 Å². The van der Waals surface area contributed by atoms with Gasteiger partial charge in [0.15, 0.2) is 0 Å². The molecule has 1 N–H and O–H groups in total. The van der Waals surface area contributed by atoms with E-state index in [9.17, 15) is 5.11 Å². The maximum Gasteiger partial charge on any atom is 0.143 e. The number of nitrogens with zero attached hydrogens (tertiary/aromatic N) is 5. The lowest BCUT2D eigenvalue weighted by molar-refractivity contribution is 0.266. The number of imidazole rings is 1. The highest BCUT2D eigenvalue weighted by Crippen LogP contribution is 2.24. The predicted octanol–water partition coefficient (Wildman–Crippen LogP) is 0.623. The Kier molecular flexibility index (Phi) is 2.93. The van der Waals surface area contributed by atoms with Crippen LogP contribution in [0.3, 0.4) is 0 Å². The SMILES string of the molecule is OC[C@@H]1CCCN1c1cc(-n2ccnc2)ncn1. The van der Waals surface area contributed by atoms with Crippen LogP contribution >= 0.6 is 0 Å². The van der Waals surface area contributed by atoms with Gasteiger partial charge in [-0.25, -0.2) is 15.0 Å². The molecule has 6 heteroatoms. The van der Waals surface area contributed by atoms with E-state index in [1.807, 2.05) is 16.8 Å². The molecule has 3 heterocycles. The number of aliphatic hydroxyl groups is 1. The molecule has 6 nitrogen and oxygen atoms in total. The second-order valence-electron chi connectivity index (χ2n) is 4.38. The molecule has 1 fully saturated rings. The molecule has 0 unspecified atom stereocenters. The van der Waals surface area contributed by atoms with Gasteiger partial charge in [-0.15, -0.1) is 0 Å². The number of hydrogen-bond donors (Lipinski definition) is 1. The Morgan fingerprint density at radius 2 is 2.22 bits per heavy atom. The molecule has 1 atom stereocenters. The molecule has 18 heavy (non-hydrogen) atoms. The zero-order valence-electron chi connectivity index (χ0n) is 9.98. The van der Waals surface area contributed by atoms with Crippen LogP contribution in [-0.2, 0) is 0 Å². The summed E-state index contributed by atoms with van der Waals surface area (Å²) in [5.41, 5.74) is 0. The van der Waals surface area contributed by atoms with E-state index in [1.54, 1.807) is 18.9 Å². The highest BCUT2D eigenvalue weighted by atomic mass is 16.3. The van der Waals surface area contributed by atoms with Crippen molar-refractivity contribution in [2.24, 2.45) is 0 Å². The molecule has 2 aromatic rings. The van der Waals surface area contributed by atoms with E-state index in [0.29, 0.717) is 0 Å². The second kappa shape index (κ2) is 4.73. The fourth-order valence-corrected chi connectivity index (χ4v) is 2.36. The van der Waals surface area contributed by atoms with Gasteiger partial charge in [-0.05, 0) is 12.8 Å². The van der Waals surface area contributed by atoms with E-state index in [1.165, 1.54) is 0 Å². The maximum absolute atomic E-state index is 9.35. The first-order valence-electron chi connectivity index (χ1n) is 6.06. The van der Waals surface area contributed by atoms with Crippen LogP contribution in [0.15, 0.2) is 31.1 Å². The van der Waals surface area contributed by atoms with Crippen molar-refractivity contribution in [1.82, 2.24) is 19.5 Å². The van der Waals surface area contributed by atoms with Gasteiger partial charge in [0.25, 0.3) is 0 Å². The third-order valence-corrected chi connectivity index (χ3v) is 3.29. The molecule has 0 aromatic carbocycles. The molecular weight excluding hydrogens is 230 g/mol. The van der Waals surface area contributed by atoms with Gasteiger partial charge in [0, 0.05) is 25.0 Å². The summed E-state index contributed by atoms with van der Waals surface area (Å²) in [6.07, 6.45) is 8.93. The van der Waals surface area contributed by atoms with Crippen LogP contribution in [0.1, 0.15) is 12.8 Å². The molecule has 0 spiro atoms. The van der Waals surface area contributed by atoms with Crippen molar-refractivity contribution in [2.75, 3.05) is 18.1 Å². The first kappa shape index (κ1) is 11.2. The summed E-state index contributed by atoms with van der Waals surface area (Å²) in [6.45, 7) is 1.11. The molecule has 1 saturated heterocycles. The lowest BCUT2D eigenvalue weighted by Crippen LogP contribution is -2.32. The Labute approximate surface area is 105 Å². The first-order chi connectivity index (χ1) is 8.88. The largest absolute Gasteiger partial charge is 0.394 e. The van der Waals surface area contributed by atoms with Crippen molar-refractivity contribution >= 4 is 5.82 Å². The molecule has 3 rings (SSSR count). The Balaban J connectivity index is 1.91. The third kappa shape index (κ3) is 1.95. The average Bonchev–Trinajstić information content (AvgIpc) is 3.10. The van der Waals surface area contributed by atoms with E-state index in [2.05, 4.69) is 19.9 Å². The summed E-state index contributed by atoms with van der Waals surface area (Å²) < 4.78 is 1.84. The van der Waals surface area contributed by atoms with E-state index < -0.39 is 0 Å². The van der Waals surface area contributed by atoms with Crippen LogP contribution in [0.4, 0.5) is 5.82 Å². The fraction of sp³-hybridized carbons (Fsp3) is 0.417. The van der Waals surface area contributed by atoms with Crippen molar-refractivity contribution in [3.8, 4) is 5.82 Å². The molecule has 1 aliphatic rings. The smallest absolute Gasteiger partial charge is 0.143 e. The summed E-state index contributed by atoms with van der Waals surface area (Å²) in [4.78, 5) is 14.7. The van der Waals surface area contributed by atoms with Crippen LogP contribution in [-0.4, -0.2) is 43.8 Å². The Morgan fingerprint density at radius 3 is 3.00 bits per heavy atom. The minimum absolute atomic E-state index is 0.171. The zero-order valence-corrected chi connectivity index (χ0v) is 9.98. The fourth-order valence-electron chi connectivity index (χ4n) is 2.36. The van der Waals surface area contributed by atoms with Gasteiger partial charge in [-0.3, -0.25) is 4.57 Å². The van der Waals surface area contributed by atoms with E-state index in [0.717, 1.165) is 31.0 Å². The van der Waals surface area contributed by atoms with Crippen LogP contribution in [0.5, 0.6) is 0 Å². The predicted molar refractivity (Wildman–Crippen MR) is 66.6 cm³/mol. The van der Waals surface area contributed by atoms with Gasteiger partial charge in [0.05, 0.1) is 12.6 Å². The zero-order chi connectivity index (χ0) is 12.4. The Hall–Kier alpha value is -1.95. The van der Waals surface area contributed by atoms with Gasteiger partial charge < -0.3 is 10.0 Å². The number of aromatic nitrogens is 4. The Morgan fingerprint density at radius 1 is 1.33 bits per heavy atom. The molecule has 0 saturated carbocycles. The van der Waals surface area contributed by atoms with Gasteiger partial charge in [0.2, 0.25) is 0 Å². The maximum atomic E-state index is 9.35. The summed E-state index contributed by atoms with van der Waals surface area (Å²) in [5, 5.41) is 9.35. The second-order valence-corrected chi connectivity index (χ2v) is 4.38. The molecular formula is C12H15N5O. The number of hydrogen-bond acceptors (Lipinski definition) is 5. The summed E-state index contributed by atoms with van der Waals surface area (Å²) in [7, 11) is 0. The Bertz CT molecular complexity index is 513. The summed E-state index contributed by atoms with van der Waals surface area (Å²) in [6, 6.07) is 2.10. The minimum Gasteiger partial charge on any atom is -0.394 e. The van der Waals surface area contributed by atoms with Gasteiger partial charge >= 0.3 is 0 Å². The number of anilines is 1. The van der Waals surface area contributed by atoms with E-state index in [-0.39, 0.29) is 12.6 Å². The summed E-state index contributed by atoms with van der Waals surface area (Å²) in [5.74, 6) is 1.66. The number of rotatable bonds is 3. The van der Waals surface area contributed by atoms with Crippen LogP contribution in [0.25, 0.3) is 5.82 Å². The topological polar surface area (TPSA) is 67.1 Å². The lowest BCUT2D eigenvalue weighted by Gasteiger charge is -2.24. The van der Waals surface area contributed by atoms with E-state index in [4.69, 9.17) is 0 Å².